The lowest BCUT2D eigenvalue weighted by Crippen LogP contribution is -1.80. The van der Waals surface area contributed by atoms with Crippen LogP contribution in [-0.2, 0) is 0 Å². The first-order valence-corrected chi connectivity index (χ1v) is 5.02. The van der Waals surface area contributed by atoms with Gasteiger partial charge in [-0.2, -0.15) is 5.26 Å². The Morgan fingerprint density at radius 3 is 2.57 bits per heavy atom. The number of halogens is 1. The molecule has 0 heterocycles. The zero-order chi connectivity index (χ0) is 10.4. The molecule has 2 heteroatoms. The first-order valence-electron chi connectivity index (χ1n) is 4.64. The molecule has 0 aromatic heterocycles. The van der Waals surface area contributed by atoms with Crippen LogP contribution >= 0.6 is 11.6 Å². The number of nitriles is 1. The van der Waals surface area contributed by atoms with Gasteiger partial charge in [0.25, 0.3) is 0 Å². The van der Waals surface area contributed by atoms with Gasteiger partial charge in [-0.1, -0.05) is 43.2 Å². The molecule has 1 nitrogen and oxygen atoms in total. The van der Waals surface area contributed by atoms with Crippen LogP contribution in [0.3, 0.4) is 0 Å². The summed E-state index contributed by atoms with van der Waals surface area (Å²) in [6.07, 6.45) is 3.95. The summed E-state index contributed by atoms with van der Waals surface area (Å²) in [4.78, 5) is 0. The van der Waals surface area contributed by atoms with E-state index >= 15 is 0 Å². The van der Waals surface area contributed by atoms with Crippen LogP contribution in [0.2, 0.25) is 5.02 Å². The molecule has 0 N–H and O–H groups in total. The standard InChI is InChI=1S/C12H12ClN/c1-2-3-4-11(9-14)10-5-7-12(13)8-6-10/h4-8H,2-3H2,1H3. The second-order valence-electron chi connectivity index (χ2n) is 3.03. The second-order valence-corrected chi connectivity index (χ2v) is 3.46. The van der Waals surface area contributed by atoms with Crippen LogP contribution in [0.15, 0.2) is 30.3 Å². The topological polar surface area (TPSA) is 23.8 Å². The lowest BCUT2D eigenvalue weighted by Gasteiger charge is -1.98. The molecule has 0 atom stereocenters. The van der Waals surface area contributed by atoms with Gasteiger partial charge in [0.05, 0.1) is 11.6 Å². The van der Waals surface area contributed by atoms with Crippen LogP contribution in [0.5, 0.6) is 0 Å². The van der Waals surface area contributed by atoms with Crippen molar-refractivity contribution in [3.05, 3.63) is 40.9 Å². The molecule has 0 aliphatic carbocycles. The number of allylic oxidation sites excluding steroid dienone is 2. The van der Waals surface area contributed by atoms with Gasteiger partial charge < -0.3 is 0 Å². The van der Waals surface area contributed by atoms with Gasteiger partial charge in [0.15, 0.2) is 0 Å². The van der Waals surface area contributed by atoms with Crippen LogP contribution in [-0.4, -0.2) is 0 Å². The van der Waals surface area contributed by atoms with Gasteiger partial charge in [0.1, 0.15) is 0 Å². The first-order chi connectivity index (χ1) is 6.77. The third-order valence-corrected chi connectivity index (χ3v) is 2.16. The van der Waals surface area contributed by atoms with E-state index in [1.165, 1.54) is 0 Å². The maximum atomic E-state index is 8.92. The van der Waals surface area contributed by atoms with E-state index in [1.54, 1.807) is 12.1 Å². The summed E-state index contributed by atoms with van der Waals surface area (Å²) in [5.74, 6) is 0. The molecule has 0 fully saturated rings. The van der Waals surface area contributed by atoms with Crippen molar-refractivity contribution in [3.63, 3.8) is 0 Å². The molecule has 14 heavy (non-hydrogen) atoms. The number of hydrogen-bond acceptors (Lipinski definition) is 1. The van der Waals surface area contributed by atoms with Crippen LogP contribution in [0.1, 0.15) is 25.3 Å². The molecule has 0 aliphatic rings. The zero-order valence-electron chi connectivity index (χ0n) is 8.13. The highest BCUT2D eigenvalue weighted by Gasteiger charge is 1.98. The van der Waals surface area contributed by atoms with E-state index in [0.717, 1.165) is 24.0 Å². The predicted octanol–water partition coefficient (Wildman–Crippen LogP) is 4.05. The fourth-order valence-electron chi connectivity index (χ4n) is 1.15. The third kappa shape index (κ3) is 2.90. The number of benzene rings is 1. The van der Waals surface area contributed by atoms with Crippen molar-refractivity contribution in [2.75, 3.05) is 0 Å². The minimum atomic E-state index is 0.696. The summed E-state index contributed by atoms with van der Waals surface area (Å²) < 4.78 is 0. The smallest absolute Gasteiger partial charge is 0.0994 e. The number of hydrogen-bond donors (Lipinski definition) is 0. The minimum absolute atomic E-state index is 0.696. The van der Waals surface area contributed by atoms with Crippen LogP contribution in [0.4, 0.5) is 0 Å². The molecule has 0 radical (unpaired) electrons. The van der Waals surface area contributed by atoms with Gasteiger partial charge in [0.2, 0.25) is 0 Å². The molecule has 0 saturated carbocycles. The van der Waals surface area contributed by atoms with E-state index < -0.39 is 0 Å². The SMILES string of the molecule is CCCC=C(C#N)c1ccc(Cl)cc1. The molecule has 72 valence electrons. The van der Waals surface area contributed by atoms with Crippen LogP contribution in [0, 0.1) is 11.3 Å². The highest BCUT2D eigenvalue weighted by molar-refractivity contribution is 6.30. The van der Waals surface area contributed by atoms with E-state index in [0.29, 0.717) is 5.02 Å². The van der Waals surface area contributed by atoms with Crippen molar-refractivity contribution in [2.24, 2.45) is 0 Å². The molecular formula is C12H12ClN. The summed E-state index contributed by atoms with van der Waals surface area (Å²) in [6, 6.07) is 9.53. The molecule has 0 bridgehead atoms. The van der Waals surface area contributed by atoms with Crippen molar-refractivity contribution >= 4 is 17.2 Å². The van der Waals surface area contributed by atoms with Crippen LogP contribution in [0.25, 0.3) is 5.57 Å². The van der Waals surface area contributed by atoms with Crippen molar-refractivity contribution < 1.29 is 0 Å². The fraction of sp³-hybridized carbons (Fsp3) is 0.250. The Bertz CT molecular complexity index is 357. The molecule has 0 spiro atoms. The van der Waals surface area contributed by atoms with Gasteiger partial charge in [0, 0.05) is 5.02 Å². The Morgan fingerprint density at radius 2 is 2.07 bits per heavy atom. The van der Waals surface area contributed by atoms with Crippen molar-refractivity contribution in [2.45, 2.75) is 19.8 Å². The van der Waals surface area contributed by atoms with Crippen molar-refractivity contribution in [3.8, 4) is 6.07 Å². The Balaban J connectivity index is 2.91. The van der Waals surface area contributed by atoms with E-state index in [-0.39, 0.29) is 0 Å². The molecule has 0 unspecified atom stereocenters. The number of rotatable bonds is 3. The van der Waals surface area contributed by atoms with Gasteiger partial charge in [-0.05, 0) is 24.1 Å². The minimum Gasteiger partial charge on any atom is -0.192 e. The Hall–Kier alpha value is -1.26. The Kier molecular flexibility index (Phi) is 4.22. The lowest BCUT2D eigenvalue weighted by molar-refractivity contribution is 0.960. The highest BCUT2D eigenvalue weighted by Crippen LogP contribution is 2.17. The predicted molar refractivity (Wildman–Crippen MR) is 60.0 cm³/mol. The zero-order valence-corrected chi connectivity index (χ0v) is 8.88. The molecule has 0 aliphatic heterocycles. The Morgan fingerprint density at radius 1 is 1.43 bits per heavy atom. The average molecular weight is 206 g/mol. The summed E-state index contributed by atoms with van der Waals surface area (Å²) in [5, 5.41) is 9.62. The van der Waals surface area contributed by atoms with Gasteiger partial charge >= 0.3 is 0 Å². The third-order valence-electron chi connectivity index (χ3n) is 1.91. The van der Waals surface area contributed by atoms with Gasteiger partial charge in [-0.15, -0.1) is 0 Å². The monoisotopic (exact) mass is 205 g/mol. The van der Waals surface area contributed by atoms with Gasteiger partial charge in [-0.25, -0.2) is 0 Å². The molecule has 0 amide bonds. The molecule has 0 saturated heterocycles. The van der Waals surface area contributed by atoms with E-state index in [4.69, 9.17) is 16.9 Å². The molecule has 1 aromatic carbocycles. The normalized spacial score (nSPS) is 11.1. The average Bonchev–Trinajstić information content (AvgIpc) is 2.21. The second kappa shape index (κ2) is 5.47. The summed E-state index contributed by atoms with van der Waals surface area (Å²) >= 11 is 5.76. The molecular weight excluding hydrogens is 194 g/mol. The van der Waals surface area contributed by atoms with E-state index in [9.17, 15) is 0 Å². The van der Waals surface area contributed by atoms with E-state index in [2.05, 4.69) is 13.0 Å². The van der Waals surface area contributed by atoms with Crippen molar-refractivity contribution in [1.29, 1.82) is 5.26 Å². The summed E-state index contributed by atoms with van der Waals surface area (Å²) in [7, 11) is 0. The molecule has 1 rings (SSSR count). The maximum Gasteiger partial charge on any atom is 0.0994 e. The summed E-state index contributed by atoms with van der Waals surface area (Å²) in [5.41, 5.74) is 1.66. The Labute approximate surface area is 89.6 Å². The van der Waals surface area contributed by atoms with E-state index in [1.807, 2.05) is 18.2 Å². The first kappa shape index (κ1) is 10.8. The lowest BCUT2D eigenvalue weighted by atomic mass is 10.1. The number of unbranched alkanes of at least 4 members (excludes halogenated alkanes) is 1. The van der Waals surface area contributed by atoms with Gasteiger partial charge in [-0.3, -0.25) is 0 Å². The highest BCUT2D eigenvalue weighted by atomic mass is 35.5. The maximum absolute atomic E-state index is 8.92. The van der Waals surface area contributed by atoms with Crippen molar-refractivity contribution in [1.82, 2.24) is 0 Å². The summed E-state index contributed by atoms with van der Waals surface area (Å²) in [6.45, 7) is 2.09. The number of nitrogens with zero attached hydrogens (tertiary/aromatic N) is 1. The van der Waals surface area contributed by atoms with Crippen LogP contribution < -0.4 is 0 Å². The quantitative estimate of drug-likeness (QED) is 0.683. The largest absolute Gasteiger partial charge is 0.192 e. The molecule has 1 aromatic rings. The fourth-order valence-corrected chi connectivity index (χ4v) is 1.27.